The molecule has 0 radical (unpaired) electrons. The van der Waals surface area contributed by atoms with Crippen molar-refractivity contribution in [2.45, 2.75) is 13.8 Å². The summed E-state index contributed by atoms with van der Waals surface area (Å²) in [7, 11) is 0. The zero-order valence-electron chi connectivity index (χ0n) is 15.9. The molecule has 0 aliphatic heterocycles. The number of hydrogen-bond donors (Lipinski definition) is 1. The van der Waals surface area contributed by atoms with Gasteiger partial charge in [0, 0.05) is 16.8 Å². The van der Waals surface area contributed by atoms with Crippen molar-refractivity contribution >= 4 is 23.2 Å². The smallest absolute Gasteiger partial charge is 0.266 e. The number of nitrogens with one attached hydrogen (secondary N) is 1. The molecule has 7 heteroatoms. The molecule has 0 saturated heterocycles. The van der Waals surface area contributed by atoms with Crippen LogP contribution in [-0.4, -0.2) is 18.2 Å². The van der Waals surface area contributed by atoms with Crippen LogP contribution in [0, 0.1) is 11.3 Å². The maximum Gasteiger partial charge on any atom is 0.266 e. The Balaban J connectivity index is 2.27. The Labute approximate surface area is 178 Å². The number of ether oxygens (including phenoxy) is 2. The van der Waals surface area contributed by atoms with E-state index in [0.717, 1.165) is 0 Å². The van der Waals surface area contributed by atoms with Crippen LogP contribution in [0.1, 0.15) is 19.4 Å². The molecular weight excluding hydrogens is 411 g/mol. The van der Waals surface area contributed by atoms with E-state index in [9.17, 15) is 10.1 Å². The van der Waals surface area contributed by atoms with Crippen molar-refractivity contribution in [2.75, 3.05) is 13.2 Å². The van der Waals surface area contributed by atoms with Crippen molar-refractivity contribution in [2.24, 2.45) is 0 Å². The van der Waals surface area contributed by atoms with Crippen LogP contribution in [0.2, 0.25) is 10.0 Å². The molecule has 0 amide bonds. The zero-order chi connectivity index (χ0) is 21.0. The first-order valence-corrected chi connectivity index (χ1v) is 9.76. The number of nitrogens with zero attached hydrogens (tertiary/aromatic N) is 1. The number of halogens is 2. The van der Waals surface area contributed by atoms with E-state index in [1.807, 2.05) is 19.9 Å². The van der Waals surface area contributed by atoms with Gasteiger partial charge in [0.15, 0.2) is 0 Å². The molecule has 5 nitrogen and oxygen atoms in total. The Morgan fingerprint density at radius 1 is 0.966 bits per heavy atom. The van der Waals surface area contributed by atoms with Gasteiger partial charge >= 0.3 is 0 Å². The highest BCUT2D eigenvalue weighted by atomic mass is 35.5. The maximum absolute atomic E-state index is 12.7. The summed E-state index contributed by atoms with van der Waals surface area (Å²) in [5, 5.41) is 10.4. The molecule has 3 rings (SSSR count). The second-order valence-corrected chi connectivity index (χ2v) is 6.88. The summed E-state index contributed by atoms with van der Waals surface area (Å²) in [4.78, 5) is 15.4. The first kappa shape index (κ1) is 20.8. The molecule has 148 valence electrons. The molecule has 29 heavy (non-hydrogen) atoms. The van der Waals surface area contributed by atoms with Crippen molar-refractivity contribution in [1.29, 1.82) is 5.26 Å². The van der Waals surface area contributed by atoms with Crippen LogP contribution in [-0.2, 0) is 0 Å². The summed E-state index contributed by atoms with van der Waals surface area (Å²) >= 11 is 12.1. The fourth-order valence-electron chi connectivity index (χ4n) is 2.96. The predicted octanol–water partition coefficient (Wildman–Crippen LogP) is 5.68. The molecule has 1 heterocycles. The molecule has 0 aliphatic carbocycles. The standard InChI is InChI=1S/C22H18Cl2N2O3/c1-3-28-14-6-8-21(29-4-2)16(10-14)15-11-20(26-22(27)17(15)12-25)13-5-7-18(23)19(24)9-13/h5-11H,3-4H2,1-2H3,(H,26,27). The fraction of sp³-hybridized carbons (Fsp3) is 0.182. The molecule has 0 spiro atoms. The minimum absolute atomic E-state index is 0.0107. The quantitative estimate of drug-likeness (QED) is 0.547. The molecule has 0 saturated carbocycles. The summed E-state index contributed by atoms with van der Waals surface area (Å²) in [6, 6.07) is 14.1. The molecule has 2 aromatic carbocycles. The third-order valence-corrected chi connectivity index (χ3v) is 4.97. The SMILES string of the molecule is CCOc1ccc(OCC)c(-c2cc(-c3ccc(Cl)c(Cl)c3)[nH]c(=O)c2C#N)c1. The van der Waals surface area contributed by atoms with Gasteiger partial charge in [-0.3, -0.25) is 4.79 Å². The lowest BCUT2D eigenvalue weighted by atomic mass is 9.98. The van der Waals surface area contributed by atoms with Crippen LogP contribution in [0.3, 0.4) is 0 Å². The first-order chi connectivity index (χ1) is 14.0. The Morgan fingerprint density at radius 3 is 2.38 bits per heavy atom. The Kier molecular flexibility index (Phi) is 6.48. The molecule has 0 fully saturated rings. The number of aromatic amines is 1. The van der Waals surface area contributed by atoms with Crippen LogP contribution in [0.5, 0.6) is 11.5 Å². The molecule has 1 N–H and O–H groups in total. The van der Waals surface area contributed by atoms with Crippen LogP contribution < -0.4 is 15.0 Å². The highest BCUT2D eigenvalue weighted by molar-refractivity contribution is 6.42. The molecule has 0 bridgehead atoms. The van der Waals surface area contributed by atoms with E-state index in [4.69, 9.17) is 32.7 Å². The third-order valence-electron chi connectivity index (χ3n) is 4.23. The maximum atomic E-state index is 12.7. The Hall–Kier alpha value is -2.94. The molecule has 1 aromatic heterocycles. The van der Waals surface area contributed by atoms with E-state index < -0.39 is 5.56 Å². The van der Waals surface area contributed by atoms with Gasteiger partial charge in [0.2, 0.25) is 0 Å². The number of aromatic nitrogens is 1. The lowest BCUT2D eigenvalue weighted by molar-refractivity contribution is 0.331. The average molecular weight is 429 g/mol. The number of hydrogen-bond acceptors (Lipinski definition) is 4. The van der Waals surface area contributed by atoms with Crippen molar-refractivity contribution in [1.82, 2.24) is 4.98 Å². The summed E-state index contributed by atoms with van der Waals surface area (Å²) in [5.41, 5.74) is 1.70. The number of pyridine rings is 1. The lowest BCUT2D eigenvalue weighted by Gasteiger charge is -2.15. The average Bonchev–Trinajstić information content (AvgIpc) is 2.71. The number of benzene rings is 2. The minimum Gasteiger partial charge on any atom is -0.494 e. The van der Waals surface area contributed by atoms with Gasteiger partial charge in [0.05, 0.1) is 23.3 Å². The molecule has 0 atom stereocenters. The Bertz CT molecular complexity index is 1150. The van der Waals surface area contributed by atoms with Crippen LogP contribution in [0.4, 0.5) is 0 Å². The molecule has 3 aromatic rings. The Morgan fingerprint density at radius 2 is 1.72 bits per heavy atom. The third kappa shape index (κ3) is 4.40. The van der Waals surface area contributed by atoms with E-state index >= 15 is 0 Å². The zero-order valence-corrected chi connectivity index (χ0v) is 17.4. The normalized spacial score (nSPS) is 10.4. The van der Waals surface area contributed by atoms with Gasteiger partial charge in [-0.1, -0.05) is 29.3 Å². The highest BCUT2D eigenvalue weighted by Gasteiger charge is 2.17. The second kappa shape index (κ2) is 9.04. The topological polar surface area (TPSA) is 75.1 Å². The lowest BCUT2D eigenvalue weighted by Crippen LogP contribution is -2.13. The monoisotopic (exact) mass is 428 g/mol. The van der Waals surface area contributed by atoms with E-state index in [1.165, 1.54) is 0 Å². The minimum atomic E-state index is -0.504. The fourth-order valence-corrected chi connectivity index (χ4v) is 3.26. The van der Waals surface area contributed by atoms with Gasteiger partial charge in [0.1, 0.15) is 23.1 Å². The number of rotatable bonds is 6. The van der Waals surface area contributed by atoms with E-state index in [-0.39, 0.29) is 5.56 Å². The van der Waals surface area contributed by atoms with Crippen molar-refractivity contribution in [3.8, 4) is 40.0 Å². The van der Waals surface area contributed by atoms with E-state index in [0.29, 0.717) is 57.1 Å². The van der Waals surface area contributed by atoms with Crippen molar-refractivity contribution < 1.29 is 9.47 Å². The van der Waals surface area contributed by atoms with Gasteiger partial charge in [0.25, 0.3) is 5.56 Å². The summed E-state index contributed by atoms with van der Waals surface area (Å²) in [5.74, 6) is 1.17. The second-order valence-electron chi connectivity index (χ2n) is 6.07. The van der Waals surface area contributed by atoms with Crippen LogP contribution >= 0.6 is 23.2 Å². The summed E-state index contributed by atoms with van der Waals surface area (Å²) < 4.78 is 11.3. The predicted molar refractivity (Wildman–Crippen MR) is 115 cm³/mol. The van der Waals surface area contributed by atoms with Gasteiger partial charge in [-0.25, -0.2) is 0 Å². The highest BCUT2D eigenvalue weighted by Crippen LogP contribution is 2.37. The number of nitriles is 1. The van der Waals surface area contributed by atoms with Crippen molar-refractivity contribution in [3.05, 3.63) is 68.4 Å². The number of H-pyrrole nitrogens is 1. The molecule has 0 unspecified atom stereocenters. The molecule has 0 aliphatic rings. The van der Waals surface area contributed by atoms with E-state index in [2.05, 4.69) is 4.98 Å². The van der Waals surface area contributed by atoms with Gasteiger partial charge in [-0.05, 0) is 55.8 Å². The van der Waals surface area contributed by atoms with Crippen LogP contribution in [0.25, 0.3) is 22.4 Å². The molecular formula is C22H18Cl2N2O3. The summed E-state index contributed by atoms with van der Waals surface area (Å²) in [6.45, 7) is 4.67. The van der Waals surface area contributed by atoms with Crippen molar-refractivity contribution in [3.63, 3.8) is 0 Å². The largest absolute Gasteiger partial charge is 0.494 e. The summed E-state index contributed by atoms with van der Waals surface area (Å²) in [6.07, 6.45) is 0. The van der Waals surface area contributed by atoms with Gasteiger partial charge in [-0.2, -0.15) is 5.26 Å². The first-order valence-electron chi connectivity index (χ1n) is 9.01. The van der Waals surface area contributed by atoms with Gasteiger partial charge < -0.3 is 14.5 Å². The van der Waals surface area contributed by atoms with Gasteiger partial charge in [-0.15, -0.1) is 0 Å². The van der Waals surface area contributed by atoms with Crippen LogP contribution in [0.15, 0.2) is 47.3 Å². The van der Waals surface area contributed by atoms with E-state index in [1.54, 1.807) is 42.5 Å².